The Kier molecular flexibility index (Phi) is 5.65. The SMILES string of the molecule is CC(NCC(C)(C)C)c1ccc(OCC2CCCO2)cc1. The van der Waals surface area contributed by atoms with E-state index >= 15 is 0 Å². The normalized spacial score (nSPS) is 20.5. The molecule has 3 nitrogen and oxygen atoms in total. The molecule has 1 aromatic rings. The molecule has 0 saturated carbocycles. The summed E-state index contributed by atoms with van der Waals surface area (Å²) in [6.07, 6.45) is 2.55. The van der Waals surface area contributed by atoms with Crippen molar-refractivity contribution in [3.05, 3.63) is 29.8 Å². The molecule has 2 rings (SSSR count). The quantitative estimate of drug-likeness (QED) is 0.861. The minimum Gasteiger partial charge on any atom is -0.491 e. The van der Waals surface area contributed by atoms with Crippen molar-refractivity contribution in [1.82, 2.24) is 5.32 Å². The van der Waals surface area contributed by atoms with Gasteiger partial charge in [-0.1, -0.05) is 32.9 Å². The Hall–Kier alpha value is -1.06. The predicted octanol–water partition coefficient (Wildman–Crippen LogP) is 3.94. The molecule has 0 bridgehead atoms. The van der Waals surface area contributed by atoms with Crippen molar-refractivity contribution in [2.45, 2.75) is 52.7 Å². The average molecular weight is 291 g/mol. The lowest BCUT2D eigenvalue weighted by atomic mass is 9.96. The minimum atomic E-state index is 0.275. The molecular weight excluding hydrogens is 262 g/mol. The van der Waals surface area contributed by atoms with Gasteiger partial charge in [-0.3, -0.25) is 0 Å². The van der Waals surface area contributed by atoms with Crippen molar-refractivity contribution in [2.75, 3.05) is 19.8 Å². The maximum absolute atomic E-state index is 5.79. The van der Waals surface area contributed by atoms with Crippen molar-refractivity contribution in [2.24, 2.45) is 5.41 Å². The molecule has 21 heavy (non-hydrogen) atoms. The lowest BCUT2D eigenvalue weighted by Crippen LogP contribution is -2.29. The summed E-state index contributed by atoms with van der Waals surface area (Å²) in [5.41, 5.74) is 1.60. The Labute approximate surface area is 129 Å². The molecular formula is C18H29NO2. The van der Waals surface area contributed by atoms with Crippen molar-refractivity contribution in [3.8, 4) is 5.75 Å². The molecule has 3 heteroatoms. The summed E-state index contributed by atoms with van der Waals surface area (Å²) in [4.78, 5) is 0. The number of hydrogen-bond donors (Lipinski definition) is 1. The lowest BCUT2D eigenvalue weighted by molar-refractivity contribution is 0.0679. The smallest absolute Gasteiger partial charge is 0.119 e. The molecule has 0 amide bonds. The molecule has 0 spiro atoms. The van der Waals surface area contributed by atoms with Crippen LogP contribution in [-0.2, 0) is 4.74 Å². The first-order valence-electron chi connectivity index (χ1n) is 8.02. The van der Waals surface area contributed by atoms with E-state index in [4.69, 9.17) is 9.47 Å². The molecule has 0 radical (unpaired) electrons. The third-order valence-electron chi connectivity index (χ3n) is 3.78. The van der Waals surface area contributed by atoms with Crippen LogP contribution >= 0.6 is 0 Å². The number of nitrogens with one attached hydrogen (secondary N) is 1. The van der Waals surface area contributed by atoms with Gasteiger partial charge in [0, 0.05) is 19.2 Å². The molecule has 2 unspecified atom stereocenters. The Balaban J connectivity index is 1.80. The summed E-state index contributed by atoms with van der Waals surface area (Å²) in [6, 6.07) is 8.76. The third-order valence-corrected chi connectivity index (χ3v) is 3.78. The maximum atomic E-state index is 5.79. The van der Waals surface area contributed by atoms with E-state index in [1.54, 1.807) is 0 Å². The summed E-state index contributed by atoms with van der Waals surface area (Å²) in [7, 11) is 0. The van der Waals surface area contributed by atoms with Crippen LogP contribution in [0.25, 0.3) is 0 Å². The molecule has 1 aliphatic rings. The number of hydrogen-bond acceptors (Lipinski definition) is 3. The fourth-order valence-electron chi connectivity index (χ4n) is 2.39. The van der Waals surface area contributed by atoms with E-state index in [2.05, 4.69) is 57.3 Å². The van der Waals surface area contributed by atoms with Gasteiger partial charge in [0.15, 0.2) is 0 Å². The molecule has 2 atom stereocenters. The van der Waals surface area contributed by atoms with Crippen LogP contribution in [0.4, 0.5) is 0 Å². The summed E-state index contributed by atoms with van der Waals surface area (Å²) in [5.74, 6) is 0.928. The van der Waals surface area contributed by atoms with E-state index in [0.29, 0.717) is 18.1 Å². The zero-order chi connectivity index (χ0) is 15.3. The maximum Gasteiger partial charge on any atom is 0.119 e. The third kappa shape index (κ3) is 5.68. The van der Waals surface area contributed by atoms with Crippen molar-refractivity contribution < 1.29 is 9.47 Å². The van der Waals surface area contributed by atoms with Crippen molar-refractivity contribution in [1.29, 1.82) is 0 Å². The van der Waals surface area contributed by atoms with Gasteiger partial charge in [0.25, 0.3) is 0 Å². The first-order valence-corrected chi connectivity index (χ1v) is 8.02. The molecule has 1 aliphatic heterocycles. The van der Waals surface area contributed by atoms with Gasteiger partial charge in [-0.2, -0.15) is 0 Å². The Morgan fingerprint density at radius 2 is 2.00 bits per heavy atom. The highest BCUT2D eigenvalue weighted by atomic mass is 16.5. The van der Waals surface area contributed by atoms with Crippen molar-refractivity contribution in [3.63, 3.8) is 0 Å². The average Bonchev–Trinajstić information content (AvgIpc) is 2.95. The summed E-state index contributed by atoms with van der Waals surface area (Å²) in [6.45, 7) is 11.5. The van der Waals surface area contributed by atoms with E-state index in [1.807, 2.05) is 0 Å². The van der Waals surface area contributed by atoms with Gasteiger partial charge in [0.2, 0.25) is 0 Å². The van der Waals surface area contributed by atoms with E-state index in [0.717, 1.165) is 31.7 Å². The Morgan fingerprint density at radius 3 is 2.57 bits per heavy atom. The van der Waals surface area contributed by atoms with Crippen molar-refractivity contribution >= 4 is 0 Å². The van der Waals surface area contributed by atoms with E-state index in [-0.39, 0.29) is 6.10 Å². The highest BCUT2D eigenvalue weighted by molar-refractivity contribution is 5.29. The second-order valence-electron chi connectivity index (χ2n) is 7.18. The predicted molar refractivity (Wildman–Crippen MR) is 86.8 cm³/mol. The second-order valence-corrected chi connectivity index (χ2v) is 7.18. The molecule has 1 saturated heterocycles. The van der Waals surface area contributed by atoms with Crippen LogP contribution in [-0.4, -0.2) is 25.9 Å². The zero-order valence-corrected chi connectivity index (χ0v) is 13.8. The van der Waals surface area contributed by atoms with Gasteiger partial charge in [0.1, 0.15) is 12.4 Å². The fraction of sp³-hybridized carbons (Fsp3) is 0.667. The number of rotatable bonds is 6. The second kappa shape index (κ2) is 7.28. The van der Waals surface area contributed by atoms with Crippen LogP contribution in [0.2, 0.25) is 0 Å². The van der Waals surface area contributed by atoms with Gasteiger partial charge in [-0.05, 0) is 42.9 Å². The first kappa shape index (κ1) is 16.3. The van der Waals surface area contributed by atoms with Gasteiger partial charge < -0.3 is 14.8 Å². The molecule has 0 aromatic heterocycles. The lowest BCUT2D eigenvalue weighted by Gasteiger charge is -2.23. The minimum absolute atomic E-state index is 0.275. The van der Waals surface area contributed by atoms with Gasteiger partial charge in [0.05, 0.1) is 6.10 Å². The first-order chi connectivity index (χ1) is 9.94. The molecule has 0 aliphatic carbocycles. The standard InChI is InChI=1S/C18H29NO2/c1-14(19-13-18(2,3)4)15-7-9-16(10-8-15)21-12-17-6-5-11-20-17/h7-10,14,17,19H,5-6,11-13H2,1-4H3. The van der Waals surface area contributed by atoms with Gasteiger partial charge >= 0.3 is 0 Å². The van der Waals surface area contributed by atoms with Crippen LogP contribution in [0.1, 0.15) is 52.1 Å². The summed E-state index contributed by atoms with van der Waals surface area (Å²) < 4.78 is 11.4. The molecule has 1 heterocycles. The fourth-order valence-corrected chi connectivity index (χ4v) is 2.39. The molecule has 118 valence electrons. The van der Waals surface area contributed by atoms with Crippen LogP contribution < -0.4 is 10.1 Å². The molecule has 1 aromatic carbocycles. The largest absolute Gasteiger partial charge is 0.491 e. The van der Waals surface area contributed by atoms with Crippen LogP contribution in [0.15, 0.2) is 24.3 Å². The van der Waals surface area contributed by atoms with E-state index in [1.165, 1.54) is 5.56 Å². The number of ether oxygens (including phenoxy) is 2. The van der Waals surface area contributed by atoms with Gasteiger partial charge in [-0.15, -0.1) is 0 Å². The van der Waals surface area contributed by atoms with Crippen LogP contribution in [0.5, 0.6) is 5.75 Å². The van der Waals surface area contributed by atoms with Crippen LogP contribution in [0, 0.1) is 5.41 Å². The zero-order valence-electron chi connectivity index (χ0n) is 13.8. The topological polar surface area (TPSA) is 30.5 Å². The van der Waals surface area contributed by atoms with E-state index < -0.39 is 0 Å². The van der Waals surface area contributed by atoms with Gasteiger partial charge in [-0.25, -0.2) is 0 Å². The summed E-state index contributed by atoms with van der Waals surface area (Å²) in [5, 5.41) is 3.57. The van der Waals surface area contributed by atoms with E-state index in [9.17, 15) is 0 Å². The Bertz CT molecular complexity index is 416. The van der Waals surface area contributed by atoms with Crippen LogP contribution in [0.3, 0.4) is 0 Å². The highest BCUT2D eigenvalue weighted by Gasteiger charge is 2.16. The number of benzene rings is 1. The molecule has 1 fully saturated rings. The molecule has 1 N–H and O–H groups in total. The highest BCUT2D eigenvalue weighted by Crippen LogP contribution is 2.20. The summed E-state index contributed by atoms with van der Waals surface area (Å²) >= 11 is 0. The Morgan fingerprint density at radius 1 is 1.29 bits per heavy atom. The monoisotopic (exact) mass is 291 g/mol.